The molecule has 6 heteroatoms. The van der Waals surface area contributed by atoms with Crippen LogP contribution in [0.2, 0.25) is 0 Å². The van der Waals surface area contributed by atoms with Gasteiger partial charge in [-0.3, -0.25) is 0 Å². The molecule has 2 aliphatic rings. The van der Waals surface area contributed by atoms with Gasteiger partial charge >= 0.3 is 0 Å². The molecule has 0 unspecified atom stereocenters. The summed E-state index contributed by atoms with van der Waals surface area (Å²) in [5.41, 5.74) is 1.57. The lowest BCUT2D eigenvalue weighted by molar-refractivity contribution is 0.138. The number of ether oxygens (including phenoxy) is 1. The van der Waals surface area contributed by atoms with Gasteiger partial charge in [-0.1, -0.05) is 25.7 Å². The van der Waals surface area contributed by atoms with Crippen LogP contribution in [0.3, 0.4) is 0 Å². The number of hydrogen-bond acceptors (Lipinski definition) is 4. The number of pyridine rings is 1. The molecule has 1 saturated heterocycles. The molecule has 1 aliphatic carbocycles. The van der Waals surface area contributed by atoms with Crippen molar-refractivity contribution in [3.63, 3.8) is 0 Å². The van der Waals surface area contributed by atoms with Crippen molar-refractivity contribution in [2.24, 2.45) is 10.4 Å². The van der Waals surface area contributed by atoms with Gasteiger partial charge in [-0.15, -0.1) is 0 Å². The van der Waals surface area contributed by atoms with Crippen LogP contribution in [0.1, 0.15) is 70.3 Å². The fraction of sp³-hybridized carbons (Fsp3) is 0.750. The quantitative estimate of drug-likeness (QED) is 0.469. The smallest absolute Gasteiger partial charge is 0.191 e. The van der Waals surface area contributed by atoms with E-state index in [-0.39, 0.29) is 0 Å². The normalized spacial score (nSPS) is 19.5. The summed E-state index contributed by atoms with van der Waals surface area (Å²) in [6.07, 6.45) is 13.5. The molecular weight excluding hydrogens is 374 g/mol. The van der Waals surface area contributed by atoms with Crippen LogP contribution in [0.5, 0.6) is 0 Å². The molecule has 30 heavy (non-hydrogen) atoms. The van der Waals surface area contributed by atoms with E-state index >= 15 is 0 Å². The first-order valence-electron chi connectivity index (χ1n) is 12.0. The van der Waals surface area contributed by atoms with Gasteiger partial charge in [0, 0.05) is 46.1 Å². The molecule has 2 fully saturated rings. The van der Waals surface area contributed by atoms with Crippen LogP contribution < -0.4 is 15.5 Å². The first-order chi connectivity index (χ1) is 14.7. The number of aliphatic imine (C=N–C) groups is 1. The summed E-state index contributed by atoms with van der Waals surface area (Å²) < 4.78 is 5.37. The zero-order chi connectivity index (χ0) is 21.1. The second-order valence-corrected chi connectivity index (χ2v) is 8.92. The minimum Gasteiger partial charge on any atom is -0.385 e. The highest BCUT2D eigenvalue weighted by Gasteiger charge is 2.33. The number of anilines is 1. The maximum atomic E-state index is 5.37. The van der Waals surface area contributed by atoms with Gasteiger partial charge in [0.25, 0.3) is 0 Å². The molecule has 0 spiro atoms. The summed E-state index contributed by atoms with van der Waals surface area (Å²) in [5, 5.41) is 7.04. The Morgan fingerprint density at radius 3 is 2.60 bits per heavy atom. The Labute approximate surface area is 182 Å². The van der Waals surface area contributed by atoms with E-state index in [1.807, 2.05) is 6.20 Å². The minimum atomic E-state index is 0.350. The molecule has 3 rings (SSSR count). The zero-order valence-corrected chi connectivity index (χ0v) is 19.1. The first-order valence-corrected chi connectivity index (χ1v) is 12.0. The third kappa shape index (κ3) is 6.86. The van der Waals surface area contributed by atoms with E-state index in [0.29, 0.717) is 12.0 Å². The third-order valence-corrected chi connectivity index (χ3v) is 6.64. The van der Waals surface area contributed by atoms with Crippen LogP contribution in [0.15, 0.2) is 23.3 Å². The Morgan fingerprint density at radius 1 is 1.13 bits per heavy atom. The second-order valence-electron chi connectivity index (χ2n) is 8.92. The molecule has 0 aromatic carbocycles. The fourth-order valence-corrected chi connectivity index (χ4v) is 4.77. The molecule has 0 amide bonds. The third-order valence-electron chi connectivity index (χ3n) is 6.64. The van der Waals surface area contributed by atoms with Crippen molar-refractivity contribution >= 4 is 11.8 Å². The van der Waals surface area contributed by atoms with Gasteiger partial charge < -0.3 is 20.3 Å². The number of rotatable bonds is 9. The van der Waals surface area contributed by atoms with Crippen LogP contribution in [0.25, 0.3) is 0 Å². The molecule has 1 aliphatic heterocycles. The van der Waals surface area contributed by atoms with Crippen LogP contribution >= 0.6 is 0 Å². The largest absolute Gasteiger partial charge is 0.385 e. The van der Waals surface area contributed by atoms with E-state index in [1.54, 1.807) is 7.11 Å². The molecule has 168 valence electrons. The van der Waals surface area contributed by atoms with Gasteiger partial charge in [0.15, 0.2) is 5.96 Å². The summed E-state index contributed by atoms with van der Waals surface area (Å²) in [5.74, 6) is 2.02. The summed E-state index contributed by atoms with van der Waals surface area (Å²) in [4.78, 5) is 11.9. The van der Waals surface area contributed by atoms with E-state index in [4.69, 9.17) is 9.73 Å². The van der Waals surface area contributed by atoms with Crippen molar-refractivity contribution in [3.05, 3.63) is 23.9 Å². The number of guanidine groups is 1. The molecule has 2 heterocycles. The van der Waals surface area contributed by atoms with E-state index in [9.17, 15) is 0 Å². The minimum absolute atomic E-state index is 0.350. The molecule has 1 aromatic rings. The number of nitrogens with zero attached hydrogens (tertiary/aromatic N) is 3. The lowest BCUT2D eigenvalue weighted by Gasteiger charge is -2.30. The van der Waals surface area contributed by atoms with Gasteiger partial charge in [0.1, 0.15) is 5.82 Å². The Bertz CT molecular complexity index is 649. The molecule has 6 nitrogen and oxygen atoms in total. The standard InChI is InChI=1S/C24H41N5O/c1-3-25-23(28-20-24(13-17-30-2)11-6-7-12-24)27-19-21-10-14-26-22(18-21)29-15-8-4-5-9-16-29/h10,14,18H,3-9,11-13,15-17,19-20H2,1-2H3,(H2,25,27,28). The highest BCUT2D eigenvalue weighted by molar-refractivity contribution is 5.79. The lowest BCUT2D eigenvalue weighted by atomic mass is 9.83. The highest BCUT2D eigenvalue weighted by atomic mass is 16.5. The molecule has 0 radical (unpaired) electrons. The summed E-state index contributed by atoms with van der Waals surface area (Å²) in [6.45, 7) is 7.71. The zero-order valence-electron chi connectivity index (χ0n) is 19.1. The average Bonchev–Trinajstić information content (AvgIpc) is 3.07. The lowest BCUT2D eigenvalue weighted by Crippen LogP contribution is -2.43. The van der Waals surface area contributed by atoms with E-state index < -0.39 is 0 Å². The van der Waals surface area contributed by atoms with Crippen molar-refractivity contribution in [2.45, 2.75) is 71.3 Å². The van der Waals surface area contributed by atoms with Crippen molar-refractivity contribution in [3.8, 4) is 0 Å². The van der Waals surface area contributed by atoms with Crippen molar-refractivity contribution in [1.29, 1.82) is 0 Å². The predicted molar refractivity (Wildman–Crippen MR) is 125 cm³/mol. The summed E-state index contributed by atoms with van der Waals surface area (Å²) >= 11 is 0. The van der Waals surface area contributed by atoms with Crippen LogP contribution in [0, 0.1) is 5.41 Å². The van der Waals surface area contributed by atoms with Crippen molar-refractivity contribution in [2.75, 3.05) is 44.8 Å². The van der Waals surface area contributed by atoms with E-state index in [0.717, 1.165) is 51.0 Å². The van der Waals surface area contributed by atoms with Crippen molar-refractivity contribution in [1.82, 2.24) is 15.6 Å². The Morgan fingerprint density at radius 2 is 1.90 bits per heavy atom. The van der Waals surface area contributed by atoms with Gasteiger partial charge in [-0.2, -0.15) is 0 Å². The maximum absolute atomic E-state index is 5.37. The first kappa shape index (κ1) is 22.9. The number of hydrogen-bond donors (Lipinski definition) is 2. The average molecular weight is 416 g/mol. The molecule has 0 atom stereocenters. The predicted octanol–water partition coefficient (Wildman–Crippen LogP) is 4.11. The monoisotopic (exact) mass is 415 g/mol. The fourth-order valence-electron chi connectivity index (χ4n) is 4.77. The maximum Gasteiger partial charge on any atom is 0.191 e. The van der Waals surface area contributed by atoms with Gasteiger partial charge in [0.2, 0.25) is 0 Å². The van der Waals surface area contributed by atoms with E-state index in [1.165, 1.54) is 56.9 Å². The van der Waals surface area contributed by atoms with Crippen LogP contribution in [-0.4, -0.2) is 50.8 Å². The molecular formula is C24H41N5O. The van der Waals surface area contributed by atoms with Crippen molar-refractivity contribution < 1.29 is 4.74 Å². The van der Waals surface area contributed by atoms with Gasteiger partial charge in [-0.05, 0) is 62.1 Å². The van der Waals surface area contributed by atoms with Gasteiger partial charge in [-0.25, -0.2) is 9.98 Å². The second kappa shape index (κ2) is 12.1. The summed E-state index contributed by atoms with van der Waals surface area (Å²) in [6, 6.07) is 4.31. The topological polar surface area (TPSA) is 61.8 Å². The van der Waals surface area contributed by atoms with E-state index in [2.05, 4.69) is 39.6 Å². The Hall–Kier alpha value is -1.82. The number of nitrogens with one attached hydrogen (secondary N) is 2. The molecule has 2 N–H and O–H groups in total. The molecule has 1 aromatic heterocycles. The highest BCUT2D eigenvalue weighted by Crippen LogP contribution is 2.40. The summed E-state index contributed by atoms with van der Waals surface area (Å²) in [7, 11) is 1.80. The Balaban J connectivity index is 1.60. The van der Waals surface area contributed by atoms with Gasteiger partial charge in [0.05, 0.1) is 6.54 Å². The Kier molecular flexibility index (Phi) is 9.25. The SMILES string of the molecule is CCNC(=NCc1ccnc(N2CCCCCC2)c1)NCC1(CCOC)CCCC1. The molecule has 1 saturated carbocycles. The van der Waals surface area contributed by atoms with Crippen LogP contribution in [-0.2, 0) is 11.3 Å². The molecule has 0 bridgehead atoms. The van der Waals surface area contributed by atoms with Crippen LogP contribution in [0.4, 0.5) is 5.82 Å². The number of aromatic nitrogens is 1. The number of methoxy groups -OCH3 is 1.